The summed E-state index contributed by atoms with van der Waals surface area (Å²) in [6.07, 6.45) is 3.89. The van der Waals surface area contributed by atoms with Crippen LogP contribution in [-0.4, -0.2) is 6.54 Å². The molecule has 2 atom stereocenters. The minimum absolute atomic E-state index is 0.470. The number of hydrogen-bond donors (Lipinski definition) is 1. The summed E-state index contributed by atoms with van der Waals surface area (Å²) in [6.45, 7) is 10.3. The maximum atomic E-state index is 3.67. The molecule has 0 saturated carbocycles. The van der Waals surface area contributed by atoms with Crippen molar-refractivity contribution in [2.75, 3.05) is 6.54 Å². The quantitative estimate of drug-likeness (QED) is 0.823. The molecule has 0 amide bonds. The summed E-state index contributed by atoms with van der Waals surface area (Å²) in [5, 5.41) is 3.67. The molecule has 0 aliphatic heterocycles. The maximum Gasteiger partial charge on any atom is 0.0292 e. The number of hydrogen-bond acceptors (Lipinski definition) is 1. The van der Waals surface area contributed by atoms with Crippen LogP contribution in [0.1, 0.15) is 56.8 Å². The van der Waals surface area contributed by atoms with Crippen molar-refractivity contribution in [3.05, 3.63) is 34.9 Å². The lowest BCUT2D eigenvalue weighted by atomic mass is 9.97. The normalized spacial score (nSPS) is 17.8. The van der Waals surface area contributed by atoms with E-state index in [1.807, 2.05) is 0 Å². The van der Waals surface area contributed by atoms with E-state index in [9.17, 15) is 0 Å². The number of rotatable bonds is 5. The van der Waals surface area contributed by atoms with E-state index in [-0.39, 0.29) is 0 Å². The molecule has 1 heteroatoms. The molecule has 0 heterocycles. The third-order valence-corrected chi connectivity index (χ3v) is 4.51. The van der Waals surface area contributed by atoms with Crippen LogP contribution in [0.25, 0.3) is 0 Å². The molecular formula is C17H27N. The van der Waals surface area contributed by atoms with Crippen molar-refractivity contribution in [3.8, 4) is 0 Å². The summed E-state index contributed by atoms with van der Waals surface area (Å²) < 4.78 is 0. The monoisotopic (exact) mass is 245 g/mol. The topological polar surface area (TPSA) is 12.0 Å². The van der Waals surface area contributed by atoms with Gasteiger partial charge in [0.25, 0.3) is 0 Å². The molecule has 0 radical (unpaired) electrons. The summed E-state index contributed by atoms with van der Waals surface area (Å²) in [6, 6.07) is 7.53. The zero-order chi connectivity index (χ0) is 13.1. The molecule has 0 saturated heterocycles. The second-order valence-electron chi connectivity index (χ2n) is 6.23. The average molecular weight is 245 g/mol. The number of benzene rings is 1. The third-order valence-electron chi connectivity index (χ3n) is 4.51. The first-order chi connectivity index (χ1) is 8.58. The SMILES string of the molecule is CC(NCC(C)C(C)C)c1ccc2c(c1)CCC2. The molecule has 0 fully saturated rings. The second kappa shape index (κ2) is 5.88. The van der Waals surface area contributed by atoms with Crippen molar-refractivity contribution < 1.29 is 0 Å². The highest BCUT2D eigenvalue weighted by atomic mass is 14.9. The third kappa shape index (κ3) is 3.14. The van der Waals surface area contributed by atoms with Crippen LogP contribution in [0.15, 0.2) is 18.2 Å². The van der Waals surface area contributed by atoms with E-state index in [2.05, 4.69) is 51.2 Å². The summed E-state index contributed by atoms with van der Waals surface area (Å²) in [7, 11) is 0. The molecule has 1 N–H and O–H groups in total. The largest absolute Gasteiger partial charge is 0.310 e. The van der Waals surface area contributed by atoms with Gasteiger partial charge < -0.3 is 5.32 Å². The van der Waals surface area contributed by atoms with Crippen LogP contribution in [0.4, 0.5) is 0 Å². The number of fused-ring (bicyclic) bond motifs is 1. The van der Waals surface area contributed by atoms with Crippen molar-refractivity contribution in [2.45, 2.75) is 53.0 Å². The Morgan fingerprint density at radius 2 is 1.78 bits per heavy atom. The molecule has 1 aliphatic carbocycles. The first-order valence-corrected chi connectivity index (χ1v) is 7.43. The molecular weight excluding hydrogens is 218 g/mol. The minimum Gasteiger partial charge on any atom is -0.310 e. The fraction of sp³-hybridized carbons (Fsp3) is 0.647. The Kier molecular flexibility index (Phi) is 4.45. The second-order valence-corrected chi connectivity index (χ2v) is 6.23. The zero-order valence-electron chi connectivity index (χ0n) is 12.3. The van der Waals surface area contributed by atoms with Gasteiger partial charge in [0.2, 0.25) is 0 Å². The Morgan fingerprint density at radius 1 is 1.06 bits per heavy atom. The van der Waals surface area contributed by atoms with Gasteiger partial charge in [-0.25, -0.2) is 0 Å². The average Bonchev–Trinajstić information content (AvgIpc) is 2.82. The van der Waals surface area contributed by atoms with Gasteiger partial charge in [0.1, 0.15) is 0 Å². The maximum absolute atomic E-state index is 3.67. The van der Waals surface area contributed by atoms with Gasteiger partial charge in [-0.3, -0.25) is 0 Å². The van der Waals surface area contributed by atoms with Gasteiger partial charge in [0, 0.05) is 6.04 Å². The smallest absolute Gasteiger partial charge is 0.0292 e. The lowest BCUT2D eigenvalue weighted by Crippen LogP contribution is -2.26. The predicted octanol–water partition coefficient (Wildman–Crippen LogP) is 4.12. The van der Waals surface area contributed by atoms with Crippen molar-refractivity contribution >= 4 is 0 Å². The fourth-order valence-corrected chi connectivity index (χ4v) is 2.58. The highest BCUT2D eigenvalue weighted by Crippen LogP contribution is 2.25. The van der Waals surface area contributed by atoms with Crippen molar-refractivity contribution in [2.24, 2.45) is 11.8 Å². The van der Waals surface area contributed by atoms with Crippen LogP contribution in [0.5, 0.6) is 0 Å². The van der Waals surface area contributed by atoms with Gasteiger partial charge in [0.05, 0.1) is 0 Å². The Hall–Kier alpha value is -0.820. The Morgan fingerprint density at radius 3 is 2.50 bits per heavy atom. The van der Waals surface area contributed by atoms with Gasteiger partial charge in [0.15, 0.2) is 0 Å². The number of aryl methyl sites for hydroxylation is 2. The van der Waals surface area contributed by atoms with E-state index in [4.69, 9.17) is 0 Å². The van der Waals surface area contributed by atoms with Gasteiger partial charge in [-0.05, 0) is 61.3 Å². The van der Waals surface area contributed by atoms with Crippen LogP contribution in [0, 0.1) is 11.8 Å². The van der Waals surface area contributed by atoms with Crippen molar-refractivity contribution in [3.63, 3.8) is 0 Å². The summed E-state index contributed by atoms with van der Waals surface area (Å²) in [4.78, 5) is 0. The van der Waals surface area contributed by atoms with E-state index in [1.54, 1.807) is 11.1 Å². The van der Waals surface area contributed by atoms with Crippen molar-refractivity contribution in [1.82, 2.24) is 5.32 Å². The molecule has 1 aliphatic rings. The molecule has 1 aromatic carbocycles. The zero-order valence-corrected chi connectivity index (χ0v) is 12.3. The lowest BCUT2D eigenvalue weighted by molar-refractivity contribution is 0.375. The molecule has 1 aromatic rings. The highest BCUT2D eigenvalue weighted by Gasteiger charge is 2.14. The van der Waals surface area contributed by atoms with Gasteiger partial charge >= 0.3 is 0 Å². The Balaban J connectivity index is 1.95. The van der Waals surface area contributed by atoms with E-state index in [1.165, 1.54) is 24.8 Å². The molecule has 2 rings (SSSR count). The van der Waals surface area contributed by atoms with E-state index >= 15 is 0 Å². The molecule has 18 heavy (non-hydrogen) atoms. The standard InChI is InChI=1S/C17H27N/c1-12(2)13(3)11-18-14(4)16-9-8-15-6-5-7-17(15)10-16/h8-10,12-14,18H,5-7,11H2,1-4H3. The van der Waals surface area contributed by atoms with Gasteiger partial charge in [-0.1, -0.05) is 39.0 Å². The van der Waals surface area contributed by atoms with Crippen LogP contribution in [0.2, 0.25) is 0 Å². The van der Waals surface area contributed by atoms with E-state index < -0.39 is 0 Å². The molecule has 0 aromatic heterocycles. The fourth-order valence-electron chi connectivity index (χ4n) is 2.58. The highest BCUT2D eigenvalue weighted by molar-refractivity contribution is 5.36. The summed E-state index contributed by atoms with van der Waals surface area (Å²) >= 11 is 0. The van der Waals surface area contributed by atoms with Crippen LogP contribution in [-0.2, 0) is 12.8 Å². The summed E-state index contributed by atoms with van der Waals surface area (Å²) in [5.74, 6) is 1.49. The molecule has 100 valence electrons. The van der Waals surface area contributed by atoms with E-state index in [0.717, 1.165) is 18.4 Å². The Bertz CT molecular complexity index is 395. The van der Waals surface area contributed by atoms with Crippen molar-refractivity contribution in [1.29, 1.82) is 0 Å². The molecule has 2 unspecified atom stereocenters. The van der Waals surface area contributed by atoms with Gasteiger partial charge in [-0.2, -0.15) is 0 Å². The molecule has 1 nitrogen and oxygen atoms in total. The summed E-state index contributed by atoms with van der Waals surface area (Å²) in [5.41, 5.74) is 4.60. The first kappa shape index (κ1) is 13.6. The minimum atomic E-state index is 0.470. The van der Waals surface area contributed by atoms with E-state index in [0.29, 0.717) is 6.04 Å². The van der Waals surface area contributed by atoms with Crippen LogP contribution in [0.3, 0.4) is 0 Å². The molecule has 0 bridgehead atoms. The lowest BCUT2D eigenvalue weighted by Gasteiger charge is -2.21. The first-order valence-electron chi connectivity index (χ1n) is 7.43. The van der Waals surface area contributed by atoms with Crippen LogP contribution >= 0.6 is 0 Å². The molecule has 0 spiro atoms. The van der Waals surface area contributed by atoms with Crippen LogP contribution < -0.4 is 5.32 Å². The number of nitrogens with one attached hydrogen (secondary N) is 1. The van der Waals surface area contributed by atoms with Gasteiger partial charge in [-0.15, -0.1) is 0 Å². The predicted molar refractivity (Wildman–Crippen MR) is 78.9 cm³/mol. The Labute approximate surface area is 112 Å².